The van der Waals surface area contributed by atoms with Gasteiger partial charge in [-0.15, -0.1) is 0 Å². The summed E-state index contributed by atoms with van der Waals surface area (Å²) in [4.78, 5) is 33.8. The third-order valence-corrected chi connectivity index (χ3v) is 7.76. The summed E-state index contributed by atoms with van der Waals surface area (Å²) >= 11 is 1.39. The minimum absolute atomic E-state index is 0.0511. The fourth-order valence-corrected chi connectivity index (χ4v) is 5.71. The van der Waals surface area contributed by atoms with Gasteiger partial charge in [0.1, 0.15) is 12.4 Å². The first-order valence-electron chi connectivity index (χ1n) is 13.2. The number of anilines is 1. The number of carboxylic acids is 1. The first kappa shape index (κ1) is 26.6. The van der Waals surface area contributed by atoms with Crippen LogP contribution < -0.4 is 9.64 Å². The number of carboxylic acid groups (broad SMARTS) is 1. The van der Waals surface area contributed by atoms with Crippen molar-refractivity contribution < 1.29 is 19.4 Å². The van der Waals surface area contributed by atoms with Gasteiger partial charge in [0.05, 0.1) is 16.2 Å². The second-order valence-electron chi connectivity index (χ2n) is 9.48. The molecule has 1 amide bonds. The van der Waals surface area contributed by atoms with E-state index in [4.69, 9.17) is 14.8 Å². The molecular weight excluding hydrogens is 510 g/mol. The first-order chi connectivity index (χ1) is 19.0. The molecule has 2 aliphatic rings. The van der Waals surface area contributed by atoms with Gasteiger partial charge < -0.3 is 14.7 Å². The van der Waals surface area contributed by atoms with E-state index < -0.39 is 5.97 Å². The maximum atomic E-state index is 13.1. The van der Waals surface area contributed by atoms with Crippen molar-refractivity contribution in [1.29, 1.82) is 0 Å². The van der Waals surface area contributed by atoms with Crippen LogP contribution in [-0.4, -0.2) is 46.7 Å². The molecule has 3 aromatic carbocycles. The van der Waals surface area contributed by atoms with Crippen molar-refractivity contribution in [2.75, 3.05) is 24.5 Å². The van der Waals surface area contributed by atoms with Crippen molar-refractivity contribution in [1.82, 2.24) is 4.90 Å². The van der Waals surface area contributed by atoms with E-state index in [9.17, 15) is 9.59 Å². The maximum Gasteiger partial charge on any atom is 0.335 e. The number of rotatable bonds is 8. The Balaban J connectivity index is 1.24. The highest BCUT2D eigenvalue weighted by Gasteiger charge is 2.32. The number of carbonyl (C=O) groups is 2. The summed E-state index contributed by atoms with van der Waals surface area (Å²) in [7, 11) is 0. The molecule has 200 valence electrons. The van der Waals surface area contributed by atoms with Crippen molar-refractivity contribution >= 4 is 46.3 Å². The lowest BCUT2D eigenvalue weighted by molar-refractivity contribution is -0.122. The molecule has 5 rings (SSSR count). The summed E-state index contributed by atoms with van der Waals surface area (Å²) in [5.41, 5.74) is 3.95. The number of amidine groups is 1. The number of ether oxygens (including phenoxy) is 1. The third kappa shape index (κ3) is 6.52. The molecule has 8 heteroatoms. The van der Waals surface area contributed by atoms with Crippen molar-refractivity contribution in [2.24, 2.45) is 4.99 Å². The quantitative estimate of drug-likeness (QED) is 0.325. The topological polar surface area (TPSA) is 82.4 Å². The number of hydrogen-bond acceptors (Lipinski definition) is 6. The first-order valence-corrected chi connectivity index (χ1v) is 14.0. The van der Waals surface area contributed by atoms with Crippen LogP contribution in [0.4, 0.5) is 11.4 Å². The summed E-state index contributed by atoms with van der Waals surface area (Å²) in [6.45, 7) is 4.96. The van der Waals surface area contributed by atoms with Crippen molar-refractivity contribution in [3.8, 4) is 5.75 Å². The molecule has 0 unspecified atom stereocenters. The van der Waals surface area contributed by atoms with Gasteiger partial charge in [0, 0.05) is 25.3 Å². The Morgan fingerprint density at radius 3 is 2.46 bits per heavy atom. The average molecular weight is 542 g/mol. The lowest BCUT2D eigenvalue weighted by Gasteiger charge is -2.28. The van der Waals surface area contributed by atoms with Gasteiger partial charge in [0.15, 0.2) is 5.17 Å². The van der Waals surface area contributed by atoms with Gasteiger partial charge in [-0.05, 0) is 104 Å². The summed E-state index contributed by atoms with van der Waals surface area (Å²) in [5, 5.41) is 9.84. The lowest BCUT2D eigenvalue weighted by atomic mass is 10.1. The number of carbonyl (C=O) groups excluding carboxylic acids is 1. The van der Waals surface area contributed by atoms with Crippen LogP contribution in [0.5, 0.6) is 5.75 Å². The second kappa shape index (κ2) is 12.2. The van der Waals surface area contributed by atoms with E-state index in [2.05, 4.69) is 17.0 Å². The highest BCUT2D eigenvalue weighted by molar-refractivity contribution is 8.18. The number of aromatic carboxylic acids is 1. The lowest BCUT2D eigenvalue weighted by Crippen LogP contribution is -2.29. The monoisotopic (exact) mass is 541 g/mol. The molecule has 7 nitrogen and oxygen atoms in total. The van der Waals surface area contributed by atoms with Gasteiger partial charge in [-0.3, -0.25) is 9.69 Å². The van der Waals surface area contributed by atoms with E-state index in [0.717, 1.165) is 29.9 Å². The zero-order valence-corrected chi connectivity index (χ0v) is 22.7. The van der Waals surface area contributed by atoms with Gasteiger partial charge in [-0.2, -0.15) is 0 Å². The second-order valence-corrected chi connectivity index (χ2v) is 10.5. The van der Waals surface area contributed by atoms with E-state index in [-0.39, 0.29) is 18.1 Å². The molecule has 0 radical (unpaired) electrons. The average Bonchev–Trinajstić information content (AvgIpc) is 3.26. The Morgan fingerprint density at radius 1 is 1.03 bits per heavy atom. The molecule has 0 aromatic heterocycles. The van der Waals surface area contributed by atoms with Crippen molar-refractivity contribution in [2.45, 2.75) is 32.8 Å². The number of hydrogen-bond donors (Lipinski definition) is 1. The van der Waals surface area contributed by atoms with E-state index in [1.165, 1.54) is 36.7 Å². The summed E-state index contributed by atoms with van der Waals surface area (Å²) in [5.74, 6) is -0.354. The molecule has 2 heterocycles. The zero-order valence-electron chi connectivity index (χ0n) is 21.9. The van der Waals surface area contributed by atoms with Gasteiger partial charge in [0.2, 0.25) is 0 Å². The number of thioether (sulfide) groups is 1. The SMILES string of the molecule is CCN1C(=O)/C(=C/c2ccc(OCc3cccc(C(=O)O)c3)cc2)SC1=Nc1ccc(N2CCCCC2)cc1. The molecule has 0 bridgehead atoms. The Kier molecular flexibility index (Phi) is 8.32. The molecule has 1 N–H and O–H groups in total. The Hall–Kier alpha value is -4.04. The Labute approximate surface area is 232 Å². The van der Waals surface area contributed by atoms with Gasteiger partial charge in [-0.25, -0.2) is 9.79 Å². The molecule has 0 aliphatic carbocycles. The molecule has 2 saturated heterocycles. The van der Waals surface area contributed by atoms with Crippen LogP contribution in [-0.2, 0) is 11.4 Å². The summed E-state index contributed by atoms with van der Waals surface area (Å²) in [6.07, 6.45) is 5.65. The molecule has 3 aromatic rings. The number of amides is 1. The fraction of sp³-hybridized carbons (Fsp3) is 0.258. The van der Waals surface area contributed by atoms with Gasteiger partial charge in [-0.1, -0.05) is 24.3 Å². The smallest absolute Gasteiger partial charge is 0.335 e. The number of piperidine rings is 1. The number of benzene rings is 3. The Morgan fingerprint density at radius 2 is 1.77 bits per heavy atom. The largest absolute Gasteiger partial charge is 0.489 e. The number of nitrogens with zero attached hydrogens (tertiary/aromatic N) is 3. The molecule has 39 heavy (non-hydrogen) atoms. The zero-order chi connectivity index (χ0) is 27.2. The van der Waals surface area contributed by atoms with Gasteiger partial charge >= 0.3 is 5.97 Å². The highest BCUT2D eigenvalue weighted by Crippen LogP contribution is 2.34. The van der Waals surface area contributed by atoms with Crippen LogP contribution in [0.1, 0.15) is 47.7 Å². The van der Waals surface area contributed by atoms with Gasteiger partial charge in [0.25, 0.3) is 5.91 Å². The molecular formula is C31H31N3O4S. The molecule has 0 atom stereocenters. The molecule has 2 aliphatic heterocycles. The van der Waals surface area contributed by atoms with Crippen molar-refractivity contribution in [3.63, 3.8) is 0 Å². The maximum absolute atomic E-state index is 13.1. The minimum Gasteiger partial charge on any atom is -0.489 e. The van der Waals surface area contributed by atoms with Crippen LogP contribution >= 0.6 is 11.8 Å². The highest BCUT2D eigenvalue weighted by atomic mass is 32.2. The third-order valence-electron chi connectivity index (χ3n) is 6.76. The molecule has 0 spiro atoms. The van der Waals surface area contributed by atoms with Crippen LogP contribution in [0.3, 0.4) is 0 Å². The van der Waals surface area contributed by atoms with Crippen LogP contribution in [0.25, 0.3) is 6.08 Å². The van der Waals surface area contributed by atoms with Crippen LogP contribution in [0.2, 0.25) is 0 Å². The number of likely N-dealkylation sites (N-methyl/N-ethyl adjacent to an activating group) is 1. The van der Waals surface area contributed by atoms with E-state index >= 15 is 0 Å². The summed E-state index contributed by atoms with van der Waals surface area (Å²) < 4.78 is 5.82. The van der Waals surface area contributed by atoms with E-state index in [1.54, 1.807) is 23.1 Å². The molecule has 2 fully saturated rings. The van der Waals surface area contributed by atoms with Crippen molar-refractivity contribution in [3.05, 3.63) is 94.4 Å². The standard InChI is InChI=1S/C31H31N3O4S/c1-2-34-29(35)28(39-31(34)32-25-11-13-26(14-12-25)33-17-4-3-5-18-33)20-22-9-15-27(16-10-22)38-21-23-7-6-8-24(19-23)30(36)37/h6-16,19-20H,2-5,17-18,21H2,1H3,(H,36,37)/b28-20-,32-31?. The van der Waals surface area contributed by atoms with Crippen LogP contribution in [0.15, 0.2) is 82.7 Å². The normalized spacial score (nSPS) is 17.7. The number of aliphatic imine (C=N–C) groups is 1. The van der Waals surface area contributed by atoms with Crippen LogP contribution in [0, 0.1) is 0 Å². The Bertz CT molecular complexity index is 1390. The summed E-state index contributed by atoms with van der Waals surface area (Å²) in [6, 6.07) is 22.4. The van der Waals surface area contributed by atoms with E-state index in [0.29, 0.717) is 22.4 Å². The minimum atomic E-state index is -0.964. The fourth-order valence-electron chi connectivity index (χ4n) is 4.64. The van der Waals surface area contributed by atoms with E-state index in [1.807, 2.05) is 55.5 Å². The molecule has 0 saturated carbocycles. The predicted octanol–water partition coefficient (Wildman–Crippen LogP) is 6.58. The predicted molar refractivity (Wildman–Crippen MR) is 157 cm³/mol.